The molecule has 0 unspecified atom stereocenters. The first-order valence-electron chi connectivity index (χ1n) is 7.00. The van der Waals surface area contributed by atoms with Crippen molar-refractivity contribution < 1.29 is 14.7 Å². The molecule has 1 aliphatic carbocycles. The van der Waals surface area contributed by atoms with Crippen LogP contribution < -0.4 is 5.32 Å². The number of rotatable bonds is 5. The van der Waals surface area contributed by atoms with E-state index in [2.05, 4.69) is 14.9 Å². The Kier molecular flexibility index (Phi) is 3.37. The number of aliphatic carboxylic acids is 1. The first-order chi connectivity index (χ1) is 10.1. The summed E-state index contributed by atoms with van der Waals surface area (Å²) in [5.41, 5.74) is 1.98. The van der Waals surface area contributed by atoms with Gasteiger partial charge >= 0.3 is 5.97 Å². The number of carboxylic acids is 1. The first kappa shape index (κ1) is 13.6. The van der Waals surface area contributed by atoms with Gasteiger partial charge in [0.15, 0.2) is 0 Å². The molecule has 1 amide bonds. The SMILES string of the molecule is Cc1nc2ccccc2n1CCNC(=O)[C@@H]1C[C@@H]1C(=O)O. The molecule has 0 radical (unpaired) electrons. The highest BCUT2D eigenvalue weighted by molar-refractivity contribution is 5.89. The minimum Gasteiger partial charge on any atom is -0.481 e. The number of hydrogen-bond acceptors (Lipinski definition) is 3. The average molecular weight is 287 g/mol. The van der Waals surface area contributed by atoms with Gasteiger partial charge in [-0.05, 0) is 25.5 Å². The minimum absolute atomic E-state index is 0.163. The van der Waals surface area contributed by atoms with Gasteiger partial charge in [-0.25, -0.2) is 4.98 Å². The van der Waals surface area contributed by atoms with E-state index < -0.39 is 11.9 Å². The molecule has 2 atom stereocenters. The van der Waals surface area contributed by atoms with Gasteiger partial charge in [0.05, 0.1) is 22.9 Å². The maximum absolute atomic E-state index is 11.8. The lowest BCUT2D eigenvalue weighted by Gasteiger charge is -2.08. The van der Waals surface area contributed by atoms with Crippen LogP contribution in [0, 0.1) is 18.8 Å². The molecule has 1 heterocycles. The van der Waals surface area contributed by atoms with Gasteiger partial charge < -0.3 is 15.0 Å². The van der Waals surface area contributed by atoms with Crippen LogP contribution in [0.15, 0.2) is 24.3 Å². The highest BCUT2D eigenvalue weighted by atomic mass is 16.4. The fraction of sp³-hybridized carbons (Fsp3) is 0.400. The van der Waals surface area contributed by atoms with Crippen LogP contribution in [0.5, 0.6) is 0 Å². The van der Waals surface area contributed by atoms with E-state index in [0.29, 0.717) is 19.5 Å². The van der Waals surface area contributed by atoms with Gasteiger partial charge in [0.1, 0.15) is 5.82 Å². The molecule has 6 heteroatoms. The number of fused-ring (bicyclic) bond motifs is 1. The van der Waals surface area contributed by atoms with Crippen LogP contribution in [0.3, 0.4) is 0 Å². The number of aryl methyl sites for hydroxylation is 1. The molecule has 0 bridgehead atoms. The molecule has 1 aliphatic rings. The van der Waals surface area contributed by atoms with Crippen LogP contribution >= 0.6 is 0 Å². The highest BCUT2D eigenvalue weighted by Gasteiger charge is 2.48. The predicted molar refractivity (Wildman–Crippen MR) is 76.7 cm³/mol. The smallest absolute Gasteiger partial charge is 0.307 e. The van der Waals surface area contributed by atoms with Crippen molar-refractivity contribution in [2.75, 3.05) is 6.54 Å². The Hall–Kier alpha value is -2.37. The number of benzene rings is 1. The number of nitrogens with zero attached hydrogens (tertiary/aromatic N) is 2. The Morgan fingerprint density at radius 3 is 2.86 bits per heavy atom. The minimum atomic E-state index is -0.883. The zero-order valence-electron chi connectivity index (χ0n) is 11.7. The normalized spacial score (nSPS) is 20.4. The fourth-order valence-corrected chi connectivity index (χ4v) is 2.66. The number of nitrogens with one attached hydrogen (secondary N) is 1. The van der Waals surface area contributed by atoms with Crippen LogP contribution in [-0.4, -0.2) is 33.1 Å². The van der Waals surface area contributed by atoms with Gasteiger partial charge in [0.25, 0.3) is 0 Å². The van der Waals surface area contributed by atoms with E-state index in [0.717, 1.165) is 16.9 Å². The molecule has 1 aromatic carbocycles. The summed E-state index contributed by atoms with van der Waals surface area (Å²) in [5, 5.41) is 11.6. The van der Waals surface area contributed by atoms with Crippen molar-refractivity contribution >= 4 is 22.9 Å². The molecule has 2 aromatic rings. The lowest BCUT2D eigenvalue weighted by molar-refractivity contribution is -0.140. The summed E-state index contributed by atoms with van der Waals surface area (Å²) in [7, 11) is 0. The van der Waals surface area contributed by atoms with Crippen molar-refractivity contribution in [3.63, 3.8) is 0 Å². The lowest BCUT2D eigenvalue weighted by atomic mass is 10.3. The Morgan fingerprint density at radius 1 is 1.38 bits per heavy atom. The van der Waals surface area contributed by atoms with E-state index in [1.807, 2.05) is 31.2 Å². The maximum Gasteiger partial charge on any atom is 0.307 e. The summed E-state index contributed by atoms with van der Waals surface area (Å²) in [4.78, 5) is 27.0. The number of para-hydroxylation sites is 2. The molecule has 110 valence electrons. The van der Waals surface area contributed by atoms with Crippen molar-refractivity contribution in [2.24, 2.45) is 11.8 Å². The third-order valence-corrected chi connectivity index (χ3v) is 3.92. The molecule has 1 fully saturated rings. The van der Waals surface area contributed by atoms with Gasteiger partial charge in [-0.1, -0.05) is 12.1 Å². The Bertz CT molecular complexity index is 707. The van der Waals surface area contributed by atoms with Gasteiger partial charge in [-0.3, -0.25) is 9.59 Å². The Labute approximate surface area is 121 Å². The molecule has 6 nitrogen and oxygen atoms in total. The molecule has 0 spiro atoms. The second-order valence-corrected chi connectivity index (χ2v) is 5.38. The number of aromatic nitrogens is 2. The van der Waals surface area contributed by atoms with Crippen molar-refractivity contribution in [3.8, 4) is 0 Å². The van der Waals surface area contributed by atoms with Gasteiger partial charge in [0.2, 0.25) is 5.91 Å². The van der Waals surface area contributed by atoms with E-state index in [1.54, 1.807) is 0 Å². The molecule has 1 saturated carbocycles. The summed E-state index contributed by atoms with van der Waals surface area (Å²) < 4.78 is 2.05. The van der Waals surface area contributed by atoms with Crippen molar-refractivity contribution in [2.45, 2.75) is 19.9 Å². The van der Waals surface area contributed by atoms with Gasteiger partial charge in [-0.15, -0.1) is 0 Å². The summed E-state index contributed by atoms with van der Waals surface area (Å²) in [6, 6.07) is 7.86. The molecule has 2 N–H and O–H groups in total. The third kappa shape index (κ3) is 2.61. The third-order valence-electron chi connectivity index (χ3n) is 3.92. The Balaban J connectivity index is 1.59. The Morgan fingerprint density at radius 2 is 2.14 bits per heavy atom. The van der Waals surface area contributed by atoms with Crippen molar-refractivity contribution in [1.29, 1.82) is 0 Å². The number of hydrogen-bond donors (Lipinski definition) is 2. The topological polar surface area (TPSA) is 84.2 Å². The standard InChI is InChI=1S/C15H17N3O3/c1-9-17-12-4-2-3-5-13(12)18(9)7-6-16-14(19)10-8-11(10)15(20)21/h2-5,10-11H,6-8H2,1H3,(H,16,19)(H,20,21)/t10-,11+/m1/s1. The summed E-state index contributed by atoms with van der Waals surface area (Å²) in [5.74, 6) is -1.000. The zero-order valence-corrected chi connectivity index (χ0v) is 11.7. The zero-order chi connectivity index (χ0) is 15.0. The largest absolute Gasteiger partial charge is 0.481 e. The van der Waals surface area contributed by atoms with Gasteiger partial charge in [-0.2, -0.15) is 0 Å². The van der Waals surface area contributed by atoms with Crippen LogP contribution in [0.1, 0.15) is 12.2 Å². The van der Waals surface area contributed by atoms with Crippen molar-refractivity contribution in [3.05, 3.63) is 30.1 Å². The monoisotopic (exact) mass is 287 g/mol. The maximum atomic E-state index is 11.8. The second kappa shape index (κ2) is 5.20. The second-order valence-electron chi connectivity index (χ2n) is 5.38. The van der Waals surface area contributed by atoms with Crippen molar-refractivity contribution in [1.82, 2.24) is 14.9 Å². The molecule has 21 heavy (non-hydrogen) atoms. The summed E-state index contributed by atoms with van der Waals surface area (Å²) >= 11 is 0. The number of amides is 1. The number of carbonyl (C=O) groups excluding carboxylic acids is 1. The van der Waals surface area contributed by atoms with E-state index >= 15 is 0 Å². The number of carboxylic acid groups (broad SMARTS) is 1. The lowest BCUT2D eigenvalue weighted by Crippen LogP contribution is -2.29. The molecular weight excluding hydrogens is 270 g/mol. The molecule has 0 aliphatic heterocycles. The summed E-state index contributed by atoms with van der Waals surface area (Å²) in [6.45, 7) is 3.04. The number of imidazole rings is 1. The number of carbonyl (C=O) groups is 2. The van der Waals surface area contributed by atoms with Crippen LogP contribution in [0.25, 0.3) is 11.0 Å². The quantitative estimate of drug-likeness (QED) is 0.865. The van der Waals surface area contributed by atoms with Gasteiger partial charge in [0, 0.05) is 13.1 Å². The van der Waals surface area contributed by atoms with E-state index in [-0.39, 0.29) is 11.8 Å². The highest BCUT2D eigenvalue weighted by Crippen LogP contribution is 2.38. The fourth-order valence-electron chi connectivity index (χ4n) is 2.66. The van der Waals surface area contributed by atoms with Crippen LogP contribution in [-0.2, 0) is 16.1 Å². The average Bonchev–Trinajstić information content (AvgIpc) is 3.19. The first-order valence-corrected chi connectivity index (χ1v) is 7.00. The van der Waals surface area contributed by atoms with E-state index in [1.165, 1.54) is 0 Å². The van der Waals surface area contributed by atoms with Crippen LogP contribution in [0.2, 0.25) is 0 Å². The van der Waals surface area contributed by atoms with E-state index in [9.17, 15) is 9.59 Å². The van der Waals surface area contributed by atoms with Crippen LogP contribution in [0.4, 0.5) is 0 Å². The summed E-state index contributed by atoms with van der Waals surface area (Å²) in [6.07, 6.45) is 0.453. The molecule has 1 aromatic heterocycles. The molecule has 0 saturated heterocycles. The molecule has 3 rings (SSSR count). The molecular formula is C15H17N3O3. The predicted octanol–water partition coefficient (Wildman–Crippen LogP) is 1.18. The van der Waals surface area contributed by atoms with E-state index in [4.69, 9.17) is 5.11 Å².